The molecule has 0 unspecified atom stereocenters. The van der Waals surface area contributed by atoms with Crippen molar-refractivity contribution in [1.82, 2.24) is 20.6 Å². The van der Waals surface area contributed by atoms with Crippen LogP contribution in [0.25, 0.3) is 11.5 Å². The third-order valence-corrected chi connectivity index (χ3v) is 4.80. The molecule has 0 radical (unpaired) electrons. The van der Waals surface area contributed by atoms with E-state index in [1.165, 1.54) is 0 Å². The van der Waals surface area contributed by atoms with E-state index in [-0.39, 0.29) is 0 Å². The molecule has 0 amide bonds. The second-order valence-corrected chi connectivity index (χ2v) is 7.34. The Labute approximate surface area is 193 Å². The summed E-state index contributed by atoms with van der Waals surface area (Å²) in [6.45, 7) is 4.26. The maximum Gasteiger partial charge on any atom is 0.226 e. The van der Waals surface area contributed by atoms with Gasteiger partial charge >= 0.3 is 0 Å². The van der Waals surface area contributed by atoms with Gasteiger partial charge in [0.1, 0.15) is 12.9 Å². The molecule has 2 N–H and O–H groups in total. The minimum Gasteiger partial charge on any atom is -0.473 e. The predicted molar refractivity (Wildman–Crippen MR) is 129 cm³/mol. The van der Waals surface area contributed by atoms with Crippen molar-refractivity contribution in [1.29, 1.82) is 0 Å². The molecular weight excluding hydrogens is 414 g/mol. The highest BCUT2D eigenvalue weighted by molar-refractivity contribution is 5.79. The summed E-state index contributed by atoms with van der Waals surface area (Å²) >= 11 is 0. The lowest BCUT2D eigenvalue weighted by molar-refractivity contribution is 0.293. The Morgan fingerprint density at radius 2 is 1.76 bits per heavy atom. The van der Waals surface area contributed by atoms with Crippen LogP contribution >= 0.6 is 0 Å². The van der Waals surface area contributed by atoms with E-state index in [1.807, 2.05) is 79.7 Å². The molecule has 0 saturated heterocycles. The quantitative estimate of drug-likeness (QED) is 0.292. The normalized spacial score (nSPS) is 11.2. The van der Waals surface area contributed by atoms with Gasteiger partial charge in [-0.25, -0.2) is 15.0 Å². The number of nitrogens with zero attached hydrogens (tertiary/aromatic N) is 3. The van der Waals surface area contributed by atoms with Crippen molar-refractivity contribution in [3.63, 3.8) is 0 Å². The first-order chi connectivity index (χ1) is 16.3. The van der Waals surface area contributed by atoms with E-state index < -0.39 is 0 Å². The first kappa shape index (κ1) is 22.1. The zero-order valence-electron chi connectivity index (χ0n) is 18.6. The van der Waals surface area contributed by atoms with Gasteiger partial charge in [0.15, 0.2) is 5.96 Å². The van der Waals surface area contributed by atoms with E-state index in [0.29, 0.717) is 37.4 Å². The van der Waals surface area contributed by atoms with Crippen molar-refractivity contribution in [2.45, 2.75) is 26.6 Å². The summed E-state index contributed by atoms with van der Waals surface area (Å²) in [6, 6.07) is 23.7. The minimum absolute atomic E-state index is 0.480. The molecule has 0 bridgehead atoms. The van der Waals surface area contributed by atoms with Crippen molar-refractivity contribution in [3.8, 4) is 17.3 Å². The van der Waals surface area contributed by atoms with Crippen LogP contribution in [-0.2, 0) is 19.7 Å². The molecule has 4 rings (SSSR count). The van der Waals surface area contributed by atoms with Crippen molar-refractivity contribution in [3.05, 3.63) is 102 Å². The van der Waals surface area contributed by atoms with Crippen LogP contribution in [0.3, 0.4) is 0 Å². The number of rotatable bonds is 9. The van der Waals surface area contributed by atoms with Gasteiger partial charge in [-0.05, 0) is 36.2 Å². The summed E-state index contributed by atoms with van der Waals surface area (Å²) in [7, 11) is 0. The minimum atomic E-state index is 0.480. The van der Waals surface area contributed by atoms with Crippen LogP contribution < -0.4 is 15.4 Å². The van der Waals surface area contributed by atoms with Gasteiger partial charge in [-0.3, -0.25) is 0 Å². The first-order valence-electron chi connectivity index (χ1n) is 10.9. The van der Waals surface area contributed by atoms with E-state index in [1.54, 1.807) is 12.5 Å². The Morgan fingerprint density at radius 1 is 0.970 bits per heavy atom. The predicted octanol–water partition coefficient (Wildman–Crippen LogP) is 4.57. The summed E-state index contributed by atoms with van der Waals surface area (Å²) in [5, 5.41) is 6.56. The molecule has 0 atom stereocenters. The molecule has 0 aliphatic rings. The maximum absolute atomic E-state index is 5.82. The lowest BCUT2D eigenvalue weighted by Crippen LogP contribution is -2.36. The SMILES string of the molecule is CCNC(=NCc1ccnc(OCc2ccccc2)c1)NCc1coc(-c2ccccc2)n1. The number of nitrogens with one attached hydrogen (secondary N) is 2. The second kappa shape index (κ2) is 11.5. The third kappa shape index (κ3) is 6.67. The van der Waals surface area contributed by atoms with Gasteiger partial charge in [-0.15, -0.1) is 0 Å². The topological polar surface area (TPSA) is 84.6 Å². The van der Waals surface area contributed by atoms with Gasteiger partial charge in [0.2, 0.25) is 11.8 Å². The van der Waals surface area contributed by atoms with E-state index >= 15 is 0 Å². The molecule has 0 saturated carbocycles. The van der Waals surface area contributed by atoms with Crippen LogP contribution in [0.5, 0.6) is 5.88 Å². The molecule has 0 aliphatic carbocycles. The zero-order chi connectivity index (χ0) is 22.7. The summed E-state index contributed by atoms with van der Waals surface area (Å²) in [5.41, 5.74) is 3.87. The molecule has 2 aromatic heterocycles. The van der Waals surface area contributed by atoms with Gasteiger partial charge in [0.05, 0.1) is 18.8 Å². The Kier molecular flexibility index (Phi) is 7.68. The summed E-state index contributed by atoms with van der Waals surface area (Å²) in [6.07, 6.45) is 3.41. The average molecular weight is 442 g/mol. The largest absolute Gasteiger partial charge is 0.473 e. The van der Waals surface area contributed by atoms with Gasteiger partial charge < -0.3 is 19.8 Å². The lowest BCUT2D eigenvalue weighted by atomic mass is 10.2. The molecule has 4 aromatic rings. The molecule has 0 aliphatic heterocycles. The molecule has 7 nitrogen and oxygen atoms in total. The molecule has 33 heavy (non-hydrogen) atoms. The van der Waals surface area contributed by atoms with Crippen LogP contribution in [0, 0.1) is 0 Å². The Morgan fingerprint density at radius 3 is 2.55 bits per heavy atom. The second-order valence-electron chi connectivity index (χ2n) is 7.34. The molecule has 2 aromatic carbocycles. The van der Waals surface area contributed by atoms with Crippen LogP contribution in [0.4, 0.5) is 0 Å². The fourth-order valence-electron chi connectivity index (χ4n) is 3.15. The van der Waals surface area contributed by atoms with Crippen LogP contribution in [0.1, 0.15) is 23.7 Å². The molecule has 7 heteroatoms. The van der Waals surface area contributed by atoms with Crippen LogP contribution in [-0.4, -0.2) is 22.5 Å². The number of pyridine rings is 1. The number of hydrogen-bond donors (Lipinski definition) is 2. The fraction of sp³-hybridized carbons (Fsp3) is 0.192. The average Bonchev–Trinajstić information content (AvgIpc) is 3.35. The van der Waals surface area contributed by atoms with Gasteiger partial charge in [0, 0.05) is 24.4 Å². The van der Waals surface area contributed by atoms with Crippen molar-refractivity contribution in [2.24, 2.45) is 4.99 Å². The Hall–Kier alpha value is -4.13. The van der Waals surface area contributed by atoms with E-state index in [2.05, 4.69) is 25.6 Å². The Balaban J connectivity index is 1.34. The molecular formula is C26H27N5O2. The number of aliphatic imine (C=N–C) groups is 1. The summed E-state index contributed by atoms with van der Waals surface area (Å²) in [5.74, 6) is 1.89. The summed E-state index contributed by atoms with van der Waals surface area (Å²) in [4.78, 5) is 13.5. The molecule has 2 heterocycles. The van der Waals surface area contributed by atoms with E-state index in [9.17, 15) is 0 Å². The highest BCUT2D eigenvalue weighted by Crippen LogP contribution is 2.18. The lowest BCUT2D eigenvalue weighted by Gasteiger charge is -2.10. The zero-order valence-corrected chi connectivity index (χ0v) is 18.6. The number of oxazole rings is 1. The van der Waals surface area contributed by atoms with Crippen molar-refractivity contribution in [2.75, 3.05) is 6.54 Å². The Bertz CT molecular complexity index is 1160. The number of hydrogen-bond acceptors (Lipinski definition) is 5. The molecule has 0 fully saturated rings. The first-order valence-corrected chi connectivity index (χ1v) is 10.9. The molecule has 0 spiro atoms. The van der Waals surface area contributed by atoms with Crippen LogP contribution in [0.15, 0.2) is 94.7 Å². The van der Waals surface area contributed by atoms with Gasteiger partial charge in [-0.1, -0.05) is 48.5 Å². The number of benzene rings is 2. The van der Waals surface area contributed by atoms with Gasteiger partial charge in [-0.2, -0.15) is 0 Å². The number of guanidine groups is 1. The monoisotopic (exact) mass is 441 g/mol. The summed E-state index contributed by atoms with van der Waals surface area (Å²) < 4.78 is 11.4. The molecule has 168 valence electrons. The number of aromatic nitrogens is 2. The van der Waals surface area contributed by atoms with E-state index in [0.717, 1.165) is 28.9 Å². The number of ether oxygens (including phenoxy) is 1. The maximum atomic E-state index is 5.82. The third-order valence-electron chi connectivity index (χ3n) is 4.80. The van der Waals surface area contributed by atoms with Crippen molar-refractivity contribution >= 4 is 5.96 Å². The van der Waals surface area contributed by atoms with E-state index in [4.69, 9.17) is 9.15 Å². The van der Waals surface area contributed by atoms with Crippen LogP contribution in [0.2, 0.25) is 0 Å². The standard InChI is InChI=1S/C26H27N5O2/c1-2-27-26(30-17-23-19-33-25(31-23)22-11-7-4-8-12-22)29-16-21-13-14-28-24(15-21)32-18-20-9-5-3-6-10-20/h3-15,19H,2,16-18H2,1H3,(H2,27,29,30). The van der Waals surface area contributed by atoms with Gasteiger partial charge in [0.25, 0.3) is 0 Å². The highest BCUT2D eigenvalue weighted by Gasteiger charge is 2.07. The smallest absolute Gasteiger partial charge is 0.226 e. The fourth-order valence-corrected chi connectivity index (χ4v) is 3.15. The highest BCUT2D eigenvalue weighted by atomic mass is 16.5. The van der Waals surface area contributed by atoms with Crippen molar-refractivity contribution < 1.29 is 9.15 Å².